The molecular formula is C14H17ClN2O. The van der Waals surface area contributed by atoms with Gasteiger partial charge in [-0.2, -0.15) is 0 Å². The van der Waals surface area contributed by atoms with Crippen LogP contribution in [0.4, 0.5) is 5.69 Å². The van der Waals surface area contributed by atoms with Gasteiger partial charge >= 0.3 is 0 Å². The highest BCUT2D eigenvalue weighted by Gasteiger charge is 2.08. The predicted octanol–water partition coefficient (Wildman–Crippen LogP) is 3.86. The van der Waals surface area contributed by atoms with E-state index in [2.05, 4.69) is 17.2 Å². The van der Waals surface area contributed by atoms with Gasteiger partial charge in [-0.15, -0.1) is 0 Å². The number of aromatic nitrogens is 1. The molecule has 0 aliphatic carbocycles. The molecule has 0 spiro atoms. The highest BCUT2D eigenvalue weighted by molar-refractivity contribution is 6.35. The topological polar surface area (TPSA) is 34.1 Å². The zero-order chi connectivity index (χ0) is 13.0. The third-order valence-electron chi connectivity index (χ3n) is 2.70. The maximum atomic E-state index is 6.20. The first-order valence-electron chi connectivity index (χ1n) is 6.07. The highest BCUT2D eigenvalue weighted by Crippen LogP contribution is 2.28. The van der Waals surface area contributed by atoms with Crippen molar-refractivity contribution in [3.63, 3.8) is 0 Å². The zero-order valence-corrected chi connectivity index (χ0v) is 11.4. The average molecular weight is 265 g/mol. The molecule has 1 N–H and O–H groups in total. The van der Waals surface area contributed by atoms with Crippen LogP contribution in [0.3, 0.4) is 0 Å². The summed E-state index contributed by atoms with van der Waals surface area (Å²) < 4.78 is 5.14. The molecule has 0 saturated heterocycles. The van der Waals surface area contributed by atoms with Crippen LogP contribution in [0.1, 0.15) is 19.0 Å². The molecule has 18 heavy (non-hydrogen) atoms. The van der Waals surface area contributed by atoms with E-state index in [4.69, 9.17) is 16.3 Å². The molecular weight excluding hydrogens is 248 g/mol. The first-order valence-corrected chi connectivity index (χ1v) is 6.45. The Kier molecular flexibility index (Phi) is 4.39. The van der Waals surface area contributed by atoms with Crippen LogP contribution in [0.15, 0.2) is 24.3 Å². The van der Waals surface area contributed by atoms with Crippen LogP contribution in [-0.2, 0) is 11.3 Å². The fourth-order valence-corrected chi connectivity index (χ4v) is 2.11. The van der Waals surface area contributed by atoms with E-state index in [1.807, 2.05) is 24.3 Å². The minimum absolute atomic E-state index is 0.488. The molecule has 0 unspecified atom stereocenters. The van der Waals surface area contributed by atoms with Crippen molar-refractivity contribution >= 4 is 28.2 Å². The molecule has 0 radical (unpaired) electrons. The summed E-state index contributed by atoms with van der Waals surface area (Å²) in [5, 5.41) is 5.13. The van der Waals surface area contributed by atoms with Gasteiger partial charge in [0, 0.05) is 24.7 Å². The van der Waals surface area contributed by atoms with Crippen LogP contribution >= 0.6 is 11.6 Å². The van der Waals surface area contributed by atoms with Gasteiger partial charge < -0.3 is 10.1 Å². The average Bonchev–Trinajstić information content (AvgIpc) is 2.37. The summed E-state index contributed by atoms with van der Waals surface area (Å²) in [4.78, 5) is 4.54. The Balaban J connectivity index is 2.53. The number of hydrogen-bond acceptors (Lipinski definition) is 3. The van der Waals surface area contributed by atoms with E-state index in [0.717, 1.165) is 35.2 Å². The van der Waals surface area contributed by atoms with Crippen LogP contribution < -0.4 is 5.32 Å². The SMILES string of the molecule is CCCNc1cc(COC)nc2c(Cl)cccc12. The Morgan fingerprint density at radius 3 is 2.94 bits per heavy atom. The summed E-state index contributed by atoms with van der Waals surface area (Å²) in [5.41, 5.74) is 2.78. The number of nitrogens with one attached hydrogen (secondary N) is 1. The maximum absolute atomic E-state index is 6.20. The van der Waals surface area contributed by atoms with E-state index in [0.29, 0.717) is 11.6 Å². The number of pyridine rings is 1. The van der Waals surface area contributed by atoms with Gasteiger partial charge in [0.2, 0.25) is 0 Å². The van der Waals surface area contributed by atoms with E-state index < -0.39 is 0 Å². The van der Waals surface area contributed by atoms with E-state index in [-0.39, 0.29) is 0 Å². The number of rotatable bonds is 5. The van der Waals surface area contributed by atoms with Crippen LogP contribution in [0.25, 0.3) is 10.9 Å². The highest BCUT2D eigenvalue weighted by atomic mass is 35.5. The molecule has 2 aromatic rings. The number of fused-ring (bicyclic) bond motifs is 1. The third kappa shape index (κ3) is 2.74. The van der Waals surface area contributed by atoms with Crippen molar-refractivity contribution < 1.29 is 4.74 Å². The minimum Gasteiger partial charge on any atom is -0.384 e. The molecule has 1 aromatic heterocycles. The van der Waals surface area contributed by atoms with Gasteiger partial charge in [-0.1, -0.05) is 30.7 Å². The van der Waals surface area contributed by atoms with Crippen molar-refractivity contribution in [3.05, 3.63) is 35.0 Å². The van der Waals surface area contributed by atoms with E-state index in [1.54, 1.807) is 7.11 Å². The number of hydrogen-bond donors (Lipinski definition) is 1. The fourth-order valence-electron chi connectivity index (χ4n) is 1.89. The number of benzene rings is 1. The largest absolute Gasteiger partial charge is 0.384 e. The molecule has 0 atom stereocenters. The zero-order valence-electron chi connectivity index (χ0n) is 10.7. The molecule has 1 aromatic carbocycles. The van der Waals surface area contributed by atoms with E-state index in [9.17, 15) is 0 Å². The predicted molar refractivity (Wildman–Crippen MR) is 76.2 cm³/mol. The molecule has 2 rings (SSSR count). The first-order chi connectivity index (χ1) is 8.76. The molecule has 0 bridgehead atoms. The van der Waals surface area contributed by atoms with Crippen LogP contribution in [0.2, 0.25) is 5.02 Å². The third-order valence-corrected chi connectivity index (χ3v) is 3.01. The Bertz CT molecular complexity index is 543. The lowest BCUT2D eigenvalue weighted by Crippen LogP contribution is -2.03. The number of ether oxygens (including phenoxy) is 1. The Hall–Kier alpha value is -1.32. The van der Waals surface area contributed by atoms with Crippen LogP contribution in [-0.4, -0.2) is 18.6 Å². The van der Waals surface area contributed by atoms with Crippen LogP contribution in [0.5, 0.6) is 0 Å². The standard InChI is InChI=1S/C14H17ClN2O/c1-3-7-16-13-8-10(9-18-2)17-14-11(13)5-4-6-12(14)15/h4-6,8H,3,7,9H2,1-2H3,(H,16,17). The summed E-state index contributed by atoms with van der Waals surface area (Å²) in [6.45, 7) is 3.56. The second kappa shape index (κ2) is 6.03. The van der Waals surface area contributed by atoms with Crippen molar-refractivity contribution in [2.24, 2.45) is 0 Å². The molecule has 1 heterocycles. The van der Waals surface area contributed by atoms with Gasteiger partial charge in [-0.3, -0.25) is 0 Å². The summed E-state index contributed by atoms with van der Waals surface area (Å²) >= 11 is 6.20. The smallest absolute Gasteiger partial charge is 0.0913 e. The molecule has 0 saturated carbocycles. The lowest BCUT2D eigenvalue weighted by molar-refractivity contribution is 0.182. The van der Waals surface area contributed by atoms with Gasteiger partial charge in [-0.05, 0) is 18.6 Å². The van der Waals surface area contributed by atoms with E-state index >= 15 is 0 Å². The molecule has 3 nitrogen and oxygen atoms in total. The summed E-state index contributed by atoms with van der Waals surface area (Å²) in [6, 6.07) is 7.86. The van der Waals surface area contributed by atoms with Crippen molar-refractivity contribution in [2.75, 3.05) is 19.0 Å². The van der Waals surface area contributed by atoms with Crippen molar-refractivity contribution in [2.45, 2.75) is 20.0 Å². The summed E-state index contributed by atoms with van der Waals surface area (Å²) in [6.07, 6.45) is 1.07. The maximum Gasteiger partial charge on any atom is 0.0913 e. The lowest BCUT2D eigenvalue weighted by Gasteiger charge is -2.11. The van der Waals surface area contributed by atoms with Gasteiger partial charge in [0.1, 0.15) is 0 Å². The second-order valence-electron chi connectivity index (χ2n) is 4.16. The Labute approximate surface area is 112 Å². The minimum atomic E-state index is 0.488. The number of anilines is 1. The summed E-state index contributed by atoms with van der Waals surface area (Å²) in [7, 11) is 1.66. The van der Waals surface area contributed by atoms with Gasteiger partial charge in [0.05, 0.1) is 22.8 Å². The van der Waals surface area contributed by atoms with Crippen molar-refractivity contribution in [3.8, 4) is 0 Å². The Morgan fingerprint density at radius 2 is 2.22 bits per heavy atom. The number of methoxy groups -OCH3 is 1. The fraction of sp³-hybridized carbons (Fsp3) is 0.357. The number of nitrogens with zero attached hydrogens (tertiary/aromatic N) is 1. The normalized spacial score (nSPS) is 10.8. The molecule has 0 aliphatic heterocycles. The van der Waals surface area contributed by atoms with Crippen LogP contribution in [0, 0.1) is 0 Å². The lowest BCUT2D eigenvalue weighted by atomic mass is 10.1. The first kappa shape index (κ1) is 13.1. The molecule has 96 valence electrons. The quantitative estimate of drug-likeness (QED) is 0.891. The molecule has 0 amide bonds. The Morgan fingerprint density at radius 1 is 1.39 bits per heavy atom. The number of halogens is 1. The molecule has 0 fully saturated rings. The van der Waals surface area contributed by atoms with Crippen molar-refractivity contribution in [1.29, 1.82) is 0 Å². The van der Waals surface area contributed by atoms with Gasteiger partial charge in [0.15, 0.2) is 0 Å². The van der Waals surface area contributed by atoms with Crippen molar-refractivity contribution in [1.82, 2.24) is 4.98 Å². The molecule has 4 heteroatoms. The van der Waals surface area contributed by atoms with Gasteiger partial charge in [-0.25, -0.2) is 4.98 Å². The summed E-state index contributed by atoms with van der Waals surface area (Å²) in [5.74, 6) is 0. The monoisotopic (exact) mass is 264 g/mol. The van der Waals surface area contributed by atoms with E-state index in [1.165, 1.54) is 0 Å². The van der Waals surface area contributed by atoms with Gasteiger partial charge in [0.25, 0.3) is 0 Å². The molecule has 0 aliphatic rings. The number of para-hydroxylation sites is 1. The second-order valence-corrected chi connectivity index (χ2v) is 4.56.